The second kappa shape index (κ2) is 6.14. The van der Waals surface area contributed by atoms with E-state index in [2.05, 4.69) is 23.8 Å². The lowest BCUT2D eigenvalue weighted by atomic mass is 10.0. The summed E-state index contributed by atoms with van der Waals surface area (Å²) in [5.74, 6) is 0.356. The normalized spacial score (nSPS) is 34.1. The van der Waals surface area contributed by atoms with Gasteiger partial charge >= 0.3 is 0 Å². The first-order valence-corrected chi connectivity index (χ1v) is 6.89. The van der Waals surface area contributed by atoms with Gasteiger partial charge in [-0.2, -0.15) is 0 Å². The van der Waals surface area contributed by atoms with E-state index >= 15 is 0 Å². The fourth-order valence-electron chi connectivity index (χ4n) is 2.89. The number of β-amino-alcohol motifs (C(OH)–C–C–N with tert-alkyl or cyclic N) is 1. The van der Waals surface area contributed by atoms with Gasteiger partial charge in [0, 0.05) is 44.7 Å². The molecule has 4 nitrogen and oxygen atoms in total. The maximum absolute atomic E-state index is 10.2. The highest BCUT2D eigenvalue weighted by Gasteiger charge is 2.28. The number of hydrogen-bond acceptors (Lipinski definition) is 4. The third kappa shape index (κ3) is 3.41. The Labute approximate surface area is 105 Å². The summed E-state index contributed by atoms with van der Waals surface area (Å²) >= 11 is 0. The van der Waals surface area contributed by atoms with Crippen molar-refractivity contribution >= 4 is 0 Å². The van der Waals surface area contributed by atoms with Crippen LogP contribution in [0.3, 0.4) is 0 Å². The molecule has 17 heavy (non-hydrogen) atoms. The van der Waals surface area contributed by atoms with Gasteiger partial charge in [-0.3, -0.25) is 4.90 Å². The fourth-order valence-corrected chi connectivity index (χ4v) is 2.89. The van der Waals surface area contributed by atoms with Crippen LogP contribution in [0.5, 0.6) is 0 Å². The van der Waals surface area contributed by atoms with Crippen LogP contribution in [-0.2, 0) is 4.74 Å². The van der Waals surface area contributed by atoms with Crippen LogP contribution in [0.1, 0.15) is 19.8 Å². The molecule has 2 aliphatic rings. The predicted molar refractivity (Wildman–Crippen MR) is 68.1 cm³/mol. The first kappa shape index (κ1) is 13.3. The minimum Gasteiger partial charge on any atom is -0.391 e. The van der Waals surface area contributed by atoms with Crippen molar-refractivity contribution in [3.63, 3.8) is 0 Å². The summed E-state index contributed by atoms with van der Waals surface area (Å²) in [5.41, 5.74) is 0. The number of aliphatic hydroxyl groups excluding tert-OH is 1. The first-order valence-electron chi connectivity index (χ1n) is 6.89. The quantitative estimate of drug-likeness (QED) is 0.774. The smallest absolute Gasteiger partial charge is 0.0718 e. The Kier molecular flexibility index (Phi) is 4.79. The molecular formula is C13H26N2O2. The fraction of sp³-hybridized carbons (Fsp3) is 1.00. The maximum Gasteiger partial charge on any atom is 0.0718 e. The van der Waals surface area contributed by atoms with Gasteiger partial charge in [-0.1, -0.05) is 6.92 Å². The lowest BCUT2D eigenvalue weighted by Gasteiger charge is -2.40. The Hall–Kier alpha value is -0.160. The molecule has 4 heteroatoms. The van der Waals surface area contributed by atoms with Crippen molar-refractivity contribution in [3.8, 4) is 0 Å². The molecule has 3 unspecified atom stereocenters. The molecule has 0 amide bonds. The molecule has 0 spiro atoms. The third-order valence-corrected chi connectivity index (χ3v) is 4.29. The Morgan fingerprint density at radius 2 is 2.24 bits per heavy atom. The van der Waals surface area contributed by atoms with Gasteiger partial charge in [0.05, 0.1) is 12.7 Å². The summed E-state index contributed by atoms with van der Waals surface area (Å²) < 4.78 is 5.34. The topological polar surface area (TPSA) is 35.9 Å². The highest BCUT2D eigenvalue weighted by molar-refractivity contribution is 4.82. The van der Waals surface area contributed by atoms with Crippen LogP contribution in [0, 0.1) is 5.92 Å². The van der Waals surface area contributed by atoms with Crippen LogP contribution < -0.4 is 0 Å². The molecule has 0 radical (unpaired) electrons. The second-order valence-corrected chi connectivity index (χ2v) is 5.49. The molecule has 0 aliphatic carbocycles. The zero-order valence-electron chi connectivity index (χ0n) is 11.1. The summed E-state index contributed by atoms with van der Waals surface area (Å²) in [5, 5.41) is 10.2. The van der Waals surface area contributed by atoms with E-state index in [1.807, 2.05) is 0 Å². The summed E-state index contributed by atoms with van der Waals surface area (Å²) in [6.07, 6.45) is 2.00. The first-order chi connectivity index (χ1) is 8.20. The summed E-state index contributed by atoms with van der Waals surface area (Å²) in [6.45, 7) is 7.92. The molecule has 3 atom stereocenters. The van der Waals surface area contributed by atoms with Crippen LogP contribution in [0.4, 0.5) is 0 Å². The van der Waals surface area contributed by atoms with Crippen LogP contribution >= 0.6 is 0 Å². The lowest BCUT2D eigenvalue weighted by molar-refractivity contribution is 0.0233. The number of likely N-dealkylation sites (N-methyl/N-ethyl adjacent to an activating group) is 1. The standard InChI is InChI=1S/C13H26N2O2/c1-3-12-8-15(6-5-14(12)2)9-13(16)11-4-7-17-10-11/h11-13,16H,3-10H2,1-2H3. The molecule has 2 heterocycles. The van der Waals surface area contributed by atoms with Crippen molar-refractivity contribution in [2.45, 2.75) is 31.9 Å². The van der Waals surface area contributed by atoms with Crippen LogP contribution in [0.2, 0.25) is 0 Å². The Bertz CT molecular complexity index is 231. The second-order valence-electron chi connectivity index (χ2n) is 5.49. The average molecular weight is 242 g/mol. The molecule has 0 aromatic carbocycles. The summed E-state index contributed by atoms with van der Waals surface area (Å²) in [6, 6.07) is 0.649. The number of nitrogens with zero attached hydrogens (tertiary/aromatic N) is 2. The van der Waals surface area contributed by atoms with Crippen molar-refractivity contribution in [2.24, 2.45) is 5.92 Å². The molecule has 2 fully saturated rings. The van der Waals surface area contributed by atoms with Crippen molar-refractivity contribution in [1.82, 2.24) is 9.80 Å². The molecule has 0 aromatic heterocycles. The van der Waals surface area contributed by atoms with Crippen molar-refractivity contribution in [1.29, 1.82) is 0 Å². The molecular weight excluding hydrogens is 216 g/mol. The minimum atomic E-state index is -0.210. The van der Waals surface area contributed by atoms with E-state index in [1.54, 1.807) is 0 Å². The number of ether oxygens (including phenoxy) is 1. The molecule has 0 aromatic rings. The van der Waals surface area contributed by atoms with E-state index in [0.29, 0.717) is 12.0 Å². The SMILES string of the molecule is CCC1CN(CC(O)C2CCOC2)CCN1C. The van der Waals surface area contributed by atoms with Crippen LogP contribution in [-0.4, -0.2) is 73.5 Å². The van der Waals surface area contributed by atoms with E-state index in [1.165, 1.54) is 6.42 Å². The van der Waals surface area contributed by atoms with E-state index < -0.39 is 0 Å². The molecule has 0 bridgehead atoms. The van der Waals surface area contributed by atoms with E-state index in [4.69, 9.17) is 4.74 Å². The predicted octanol–water partition coefficient (Wildman–Crippen LogP) is 0.410. The molecule has 100 valence electrons. The molecule has 2 saturated heterocycles. The molecule has 2 rings (SSSR count). The lowest BCUT2D eigenvalue weighted by Crippen LogP contribution is -2.53. The number of piperazine rings is 1. The Morgan fingerprint density at radius 3 is 2.88 bits per heavy atom. The largest absolute Gasteiger partial charge is 0.391 e. The number of rotatable bonds is 4. The molecule has 1 N–H and O–H groups in total. The number of hydrogen-bond donors (Lipinski definition) is 1. The highest BCUT2D eigenvalue weighted by Crippen LogP contribution is 2.19. The molecule has 0 saturated carbocycles. The minimum absolute atomic E-state index is 0.210. The maximum atomic E-state index is 10.2. The van der Waals surface area contributed by atoms with E-state index in [-0.39, 0.29) is 6.10 Å². The van der Waals surface area contributed by atoms with Crippen molar-refractivity contribution in [2.75, 3.05) is 46.4 Å². The van der Waals surface area contributed by atoms with Crippen LogP contribution in [0.25, 0.3) is 0 Å². The zero-order valence-corrected chi connectivity index (χ0v) is 11.1. The van der Waals surface area contributed by atoms with Crippen LogP contribution in [0.15, 0.2) is 0 Å². The summed E-state index contributed by atoms with van der Waals surface area (Å²) in [7, 11) is 2.20. The van der Waals surface area contributed by atoms with Gasteiger partial charge in [0.25, 0.3) is 0 Å². The van der Waals surface area contributed by atoms with Gasteiger partial charge in [-0.05, 0) is 19.9 Å². The van der Waals surface area contributed by atoms with E-state index in [9.17, 15) is 5.11 Å². The number of aliphatic hydroxyl groups is 1. The zero-order chi connectivity index (χ0) is 12.3. The summed E-state index contributed by atoms with van der Waals surface area (Å²) in [4.78, 5) is 4.85. The van der Waals surface area contributed by atoms with E-state index in [0.717, 1.165) is 45.8 Å². The average Bonchev–Trinajstić information content (AvgIpc) is 2.85. The van der Waals surface area contributed by atoms with Gasteiger partial charge in [0.15, 0.2) is 0 Å². The Morgan fingerprint density at radius 1 is 1.41 bits per heavy atom. The van der Waals surface area contributed by atoms with Gasteiger partial charge in [-0.25, -0.2) is 0 Å². The highest BCUT2D eigenvalue weighted by atomic mass is 16.5. The van der Waals surface area contributed by atoms with Gasteiger partial charge in [0.2, 0.25) is 0 Å². The van der Waals surface area contributed by atoms with Gasteiger partial charge in [0.1, 0.15) is 0 Å². The van der Waals surface area contributed by atoms with Gasteiger partial charge in [-0.15, -0.1) is 0 Å². The van der Waals surface area contributed by atoms with Crippen molar-refractivity contribution in [3.05, 3.63) is 0 Å². The molecule has 2 aliphatic heterocycles. The Balaban J connectivity index is 1.78. The van der Waals surface area contributed by atoms with Crippen molar-refractivity contribution < 1.29 is 9.84 Å². The third-order valence-electron chi connectivity index (χ3n) is 4.29. The van der Waals surface area contributed by atoms with Gasteiger partial charge < -0.3 is 14.7 Å². The monoisotopic (exact) mass is 242 g/mol.